The first kappa shape index (κ1) is 18.1. The Labute approximate surface area is 158 Å². The number of phenols is 3. The average molecular weight is 388 g/mol. The van der Waals surface area contributed by atoms with Crippen LogP contribution in [0.15, 0.2) is 36.4 Å². The van der Waals surface area contributed by atoms with Gasteiger partial charge in [0.05, 0.1) is 12.2 Å². The van der Waals surface area contributed by atoms with Gasteiger partial charge in [0.2, 0.25) is 5.78 Å². The van der Waals surface area contributed by atoms with Gasteiger partial charge in [0.1, 0.15) is 23.0 Å². The smallest absolute Gasteiger partial charge is 0.335 e. The largest absolute Gasteiger partial charge is 0.508 e. The molecule has 0 aromatic heterocycles. The Kier molecular flexibility index (Phi) is 4.13. The Morgan fingerprint density at radius 1 is 1.00 bits per heavy atom. The van der Waals surface area contributed by atoms with E-state index >= 15 is 0 Å². The highest BCUT2D eigenvalue weighted by Gasteiger charge is 2.55. The molecule has 0 bridgehead atoms. The van der Waals surface area contributed by atoms with E-state index < -0.39 is 29.7 Å². The van der Waals surface area contributed by atoms with Gasteiger partial charge in [-0.2, -0.15) is 0 Å². The van der Waals surface area contributed by atoms with Gasteiger partial charge in [0.25, 0.3) is 5.79 Å². The lowest BCUT2D eigenvalue weighted by Gasteiger charge is -2.39. The summed E-state index contributed by atoms with van der Waals surface area (Å²) in [6.07, 6.45) is -2.60. The van der Waals surface area contributed by atoms with Crippen molar-refractivity contribution in [1.82, 2.24) is 0 Å². The third-order valence-corrected chi connectivity index (χ3v) is 4.57. The summed E-state index contributed by atoms with van der Waals surface area (Å²) < 4.78 is 16.0. The zero-order chi connectivity index (χ0) is 20.1. The third-order valence-electron chi connectivity index (χ3n) is 4.57. The minimum atomic E-state index is -2.64. The van der Waals surface area contributed by atoms with Crippen LogP contribution < -0.4 is 4.74 Å². The molecule has 9 heteroatoms. The predicted molar refractivity (Wildman–Crippen MR) is 91.0 cm³/mol. The Morgan fingerprint density at radius 2 is 1.71 bits per heavy atom. The van der Waals surface area contributed by atoms with Gasteiger partial charge in [-0.1, -0.05) is 0 Å². The molecule has 2 aliphatic heterocycles. The summed E-state index contributed by atoms with van der Waals surface area (Å²) in [5, 5.41) is 40.5. The van der Waals surface area contributed by atoms with Crippen molar-refractivity contribution in [3.05, 3.63) is 47.5 Å². The molecule has 3 unspecified atom stereocenters. The molecular weight excluding hydrogens is 372 g/mol. The molecule has 2 aromatic carbocycles. The minimum Gasteiger partial charge on any atom is -0.508 e. The second-order valence-corrected chi connectivity index (χ2v) is 6.55. The average Bonchev–Trinajstić information content (AvgIpc) is 3.02. The molecule has 4 N–H and O–H groups in total. The zero-order valence-electron chi connectivity index (χ0n) is 14.4. The van der Waals surface area contributed by atoms with E-state index in [4.69, 9.17) is 14.2 Å². The first-order valence-corrected chi connectivity index (χ1v) is 8.42. The van der Waals surface area contributed by atoms with Crippen LogP contribution in [0, 0.1) is 0 Å². The SMILES string of the molecule is O=C1OCCC1OC1(O)C(=O)c2ccc(O)cc2OC1c1cc(O)cc(O)c1. The second-order valence-electron chi connectivity index (χ2n) is 6.55. The van der Waals surface area contributed by atoms with Crippen LogP contribution in [0.25, 0.3) is 0 Å². The van der Waals surface area contributed by atoms with Crippen molar-refractivity contribution in [2.75, 3.05) is 6.61 Å². The van der Waals surface area contributed by atoms with E-state index in [2.05, 4.69) is 0 Å². The predicted octanol–water partition coefficient (Wildman–Crippen LogP) is 1.14. The summed E-state index contributed by atoms with van der Waals surface area (Å²) in [5.41, 5.74) is -0.0407. The van der Waals surface area contributed by atoms with Crippen LogP contribution in [0.4, 0.5) is 0 Å². The van der Waals surface area contributed by atoms with Crippen molar-refractivity contribution in [3.8, 4) is 23.0 Å². The van der Waals surface area contributed by atoms with Crippen LogP contribution in [0.3, 0.4) is 0 Å². The van der Waals surface area contributed by atoms with Gasteiger partial charge in [0.15, 0.2) is 12.2 Å². The maximum absolute atomic E-state index is 13.1. The number of hydrogen-bond donors (Lipinski definition) is 4. The Hall–Kier alpha value is -3.30. The molecular formula is C19H16O9. The van der Waals surface area contributed by atoms with E-state index in [0.717, 1.165) is 6.07 Å². The van der Waals surface area contributed by atoms with Crippen LogP contribution in [-0.4, -0.2) is 50.7 Å². The van der Waals surface area contributed by atoms with Crippen molar-refractivity contribution in [2.24, 2.45) is 0 Å². The molecule has 28 heavy (non-hydrogen) atoms. The van der Waals surface area contributed by atoms with Gasteiger partial charge in [-0.15, -0.1) is 0 Å². The van der Waals surface area contributed by atoms with E-state index in [1.165, 1.54) is 30.3 Å². The zero-order valence-corrected chi connectivity index (χ0v) is 14.4. The van der Waals surface area contributed by atoms with Gasteiger partial charge in [-0.3, -0.25) is 4.79 Å². The first-order chi connectivity index (χ1) is 13.3. The Morgan fingerprint density at radius 3 is 2.36 bits per heavy atom. The van der Waals surface area contributed by atoms with Crippen molar-refractivity contribution in [2.45, 2.75) is 24.4 Å². The summed E-state index contributed by atoms with van der Waals surface area (Å²) in [7, 11) is 0. The summed E-state index contributed by atoms with van der Waals surface area (Å²) in [6, 6.07) is 7.09. The Balaban J connectivity index is 1.84. The van der Waals surface area contributed by atoms with Gasteiger partial charge >= 0.3 is 5.97 Å². The van der Waals surface area contributed by atoms with Crippen LogP contribution >= 0.6 is 0 Å². The van der Waals surface area contributed by atoms with E-state index in [1.807, 2.05) is 0 Å². The summed E-state index contributed by atoms with van der Waals surface area (Å²) in [6.45, 7) is 0.0800. The number of carbonyl (C=O) groups excluding carboxylic acids is 2. The lowest BCUT2D eigenvalue weighted by Crippen LogP contribution is -2.54. The maximum atomic E-state index is 13.1. The normalized spacial score (nSPS) is 26.5. The molecule has 0 radical (unpaired) electrons. The summed E-state index contributed by atoms with van der Waals surface area (Å²) in [5.74, 6) is -5.14. The number of esters is 1. The quantitative estimate of drug-likeness (QED) is 0.449. The van der Waals surface area contributed by atoms with Crippen molar-refractivity contribution < 1.29 is 44.2 Å². The first-order valence-electron chi connectivity index (χ1n) is 8.42. The van der Waals surface area contributed by atoms with Gasteiger partial charge in [0, 0.05) is 24.1 Å². The van der Waals surface area contributed by atoms with Crippen molar-refractivity contribution in [3.63, 3.8) is 0 Å². The standard InChI is InChI=1S/C19H16O9/c20-10-1-2-13-15(8-10)27-17(9-5-11(21)7-12(22)6-9)19(25,16(13)23)28-14-3-4-26-18(14)24/h1-2,5-8,14,17,20-22,25H,3-4H2. The molecule has 0 spiro atoms. The number of aromatic hydroxyl groups is 3. The molecule has 0 saturated carbocycles. The lowest BCUT2D eigenvalue weighted by molar-refractivity contribution is -0.239. The van der Waals surface area contributed by atoms with Gasteiger partial charge in [-0.05, 0) is 24.3 Å². The highest BCUT2D eigenvalue weighted by atomic mass is 16.7. The number of Topliss-reactive ketones (excluding diaryl/α,β-unsaturated/α-hetero) is 1. The number of rotatable bonds is 3. The molecule has 4 rings (SSSR count). The lowest BCUT2D eigenvalue weighted by atomic mass is 9.89. The van der Waals surface area contributed by atoms with E-state index in [1.54, 1.807) is 0 Å². The summed E-state index contributed by atoms with van der Waals surface area (Å²) in [4.78, 5) is 24.9. The van der Waals surface area contributed by atoms with Crippen LogP contribution in [0.5, 0.6) is 23.0 Å². The van der Waals surface area contributed by atoms with Gasteiger partial charge < -0.3 is 34.6 Å². The number of ketones is 1. The molecule has 9 nitrogen and oxygen atoms in total. The fourth-order valence-corrected chi connectivity index (χ4v) is 3.29. The van der Waals surface area contributed by atoms with Crippen LogP contribution in [-0.2, 0) is 14.3 Å². The number of hydrogen-bond acceptors (Lipinski definition) is 9. The number of fused-ring (bicyclic) bond motifs is 1. The van der Waals surface area contributed by atoms with Crippen LogP contribution in [0.1, 0.15) is 28.4 Å². The van der Waals surface area contributed by atoms with E-state index in [0.29, 0.717) is 0 Å². The molecule has 0 amide bonds. The minimum absolute atomic E-state index is 0.0220. The van der Waals surface area contributed by atoms with Crippen LogP contribution in [0.2, 0.25) is 0 Å². The molecule has 0 aliphatic carbocycles. The molecule has 2 heterocycles. The molecule has 2 aliphatic rings. The maximum Gasteiger partial charge on any atom is 0.335 e. The molecule has 1 fully saturated rings. The number of phenolic OH excluding ortho intramolecular Hbond substituents is 3. The molecule has 1 saturated heterocycles. The number of cyclic esters (lactones) is 1. The highest BCUT2D eigenvalue weighted by molar-refractivity contribution is 6.05. The van der Waals surface area contributed by atoms with E-state index in [-0.39, 0.29) is 47.2 Å². The third kappa shape index (κ3) is 2.90. The number of ether oxygens (including phenoxy) is 3. The molecule has 2 aromatic rings. The van der Waals surface area contributed by atoms with Crippen molar-refractivity contribution in [1.29, 1.82) is 0 Å². The topological polar surface area (TPSA) is 143 Å². The van der Waals surface area contributed by atoms with E-state index in [9.17, 15) is 30.0 Å². The fourth-order valence-electron chi connectivity index (χ4n) is 3.29. The van der Waals surface area contributed by atoms with Crippen molar-refractivity contribution >= 4 is 11.8 Å². The summed E-state index contributed by atoms with van der Waals surface area (Å²) >= 11 is 0. The number of aliphatic hydroxyl groups is 1. The fraction of sp³-hybridized carbons (Fsp3) is 0.263. The monoisotopic (exact) mass is 388 g/mol. The molecule has 146 valence electrons. The number of carbonyl (C=O) groups is 2. The second kappa shape index (κ2) is 6.39. The van der Waals surface area contributed by atoms with Gasteiger partial charge in [-0.25, -0.2) is 4.79 Å². The number of benzene rings is 2. The Bertz CT molecular complexity index is 950. The highest BCUT2D eigenvalue weighted by Crippen LogP contribution is 2.45. The molecule has 3 atom stereocenters.